The number of hydrogen-bond acceptors (Lipinski definition) is 5. The average Bonchev–Trinajstić information content (AvgIpc) is 3.51. The minimum absolute atomic E-state index is 0.315. The summed E-state index contributed by atoms with van der Waals surface area (Å²) in [5, 5.41) is 10.8. The Morgan fingerprint density at radius 1 is 1.10 bits per heavy atom. The smallest absolute Gasteiger partial charge is 0.336 e. The van der Waals surface area contributed by atoms with Gasteiger partial charge in [-0.05, 0) is 48.6 Å². The third kappa shape index (κ3) is 3.60. The van der Waals surface area contributed by atoms with Crippen LogP contribution in [-0.2, 0) is 12.2 Å². The molecule has 0 saturated heterocycles. The SMILES string of the molecule is CCc1ccc2c(CSc3nnc(C4CC4)n3-c3ccccc3)cc(=O)oc2c1. The molecule has 1 saturated carbocycles. The fourth-order valence-corrected chi connectivity index (χ4v) is 4.51. The van der Waals surface area contributed by atoms with Crippen LogP contribution in [-0.4, -0.2) is 14.8 Å². The molecular weight excluding hydrogens is 382 g/mol. The molecule has 1 aliphatic rings. The van der Waals surface area contributed by atoms with Gasteiger partial charge in [-0.2, -0.15) is 0 Å². The van der Waals surface area contributed by atoms with Crippen molar-refractivity contribution in [2.75, 3.05) is 0 Å². The lowest BCUT2D eigenvalue weighted by Gasteiger charge is -2.10. The molecule has 0 amide bonds. The molecule has 1 aliphatic carbocycles. The summed E-state index contributed by atoms with van der Waals surface area (Å²) >= 11 is 1.60. The molecule has 2 heterocycles. The lowest BCUT2D eigenvalue weighted by molar-refractivity contribution is 0.559. The molecule has 0 bridgehead atoms. The maximum absolute atomic E-state index is 12.1. The van der Waals surface area contributed by atoms with Gasteiger partial charge in [0.1, 0.15) is 11.4 Å². The molecule has 4 aromatic rings. The lowest BCUT2D eigenvalue weighted by atomic mass is 10.1. The van der Waals surface area contributed by atoms with Gasteiger partial charge in [0.25, 0.3) is 0 Å². The fourth-order valence-electron chi connectivity index (χ4n) is 3.56. The Labute approximate surface area is 172 Å². The van der Waals surface area contributed by atoms with Crippen LogP contribution >= 0.6 is 11.8 Å². The van der Waals surface area contributed by atoms with E-state index in [1.54, 1.807) is 17.8 Å². The summed E-state index contributed by atoms with van der Waals surface area (Å²) in [6.45, 7) is 2.09. The van der Waals surface area contributed by atoms with E-state index in [1.807, 2.05) is 30.3 Å². The Morgan fingerprint density at radius 3 is 2.69 bits per heavy atom. The van der Waals surface area contributed by atoms with Gasteiger partial charge in [-0.15, -0.1) is 10.2 Å². The van der Waals surface area contributed by atoms with Crippen molar-refractivity contribution in [3.05, 3.63) is 82.0 Å². The average molecular weight is 404 g/mol. The highest BCUT2D eigenvalue weighted by molar-refractivity contribution is 7.98. The summed E-state index contributed by atoms with van der Waals surface area (Å²) in [5.41, 5.74) is 3.52. The van der Waals surface area contributed by atoms with E-state index in [1.165, 1.54) is 12.8 Å². The number of aromatic nitrogens is 3. The molecule has 5 nitrogen and oxygen atoms in total. The standard InChI is InChI=1S/C23H21N3O2S/c1-2-15-8-11-19-17(13-21(27)28-20(19)12-15)14-29-23-25-24-22(16-9-10-16)26(23)18-6-4-3-5-7-18/h3-8,11-13,16H,2,9-10,14H2,1H3. The van der Waals surface area contributed by atoms with Crippen LogP contribution in [0.2, 0.25) is 0 Å². The topological polar surface area (TPSA) is 60.9 Å². The first-order valence-corrected chi connectivity index (χ1v) is 10.9. The molecule has 29 heavy (non-hydrogen) atoms. The second-order valence-corrected chi connectivity index (χ2v) is 8.29. The molecule has 0 spiro atoms. The molecule has 0 atom stereocenters. The van der Waals surface area contributed by atoms with Crippen molar-refractivity contribution in [1.29, 1.82) is 0 Å². The maximum Gasteiger partial charge on any atom is 0.336 e. The minimum Gasteiger partial charge on any atom is -0.423 e. The summed E-state index contributed by atoms with van der Waals surface area (Å²) in [6.07, 6.45) is 3.24. The van der Waals surface area contributed by atoms with Crippen LogP contribution in [0.1, 0.15) is 42.6 Å². The Hall–Kier alpha value is -2.86. The Bertz CT molecular complexity index is 1230. The van der Waals surface area contributed by atoms with Gasteiger partial charge < -0.3 is 4.42 Å². The Morgan fingerprint density at radius 2 is 1.93 bits per heavy atom. The Balaban J connectivity index is 1.50. The second kappa shape index (κ2) is 7.52. The predicted molar refractivity (Wildman–Crippen MR) is 115 cm³/mol. The minimum atomic E-state index is -0.315. The number of hydrogen-bond donors (Lipinski definition) is 0. The molecular formula is C23H21N3O2S. The van der Waals surface area contributed by atoms with Crippen LogP contribution in [0.3, 0.4) is 0 Å². The van der Waals surface area contributed by atoms with Gasteiger partial charge in [0.2, 0.25) is 0 Å². The van der Waals surface area contributed by atoms with E-state index >= 15 is 0 Å². The molecule has 0 N–H and O–H groups in total. The zero-order valence-electron chi connectivity index (χ0n) is 16.2. The molecule has 146 valence electrons. The predicted octanol–water partition coefficient (Wildman–Crippen LogP) is 5.11. The van der Waals surface area contributed by atoms with Crippen LogP contribution in [0, 0.1) is 0 Å². The quantitative estimate of drug-likeness (QED) is 0.331. The first-order chi connectivity index (χ1) is 14.2. The number of benzene rings is 2. The van der Waals surface area contributed by atoms with Crippen molar-refractivity contribution in [3.8, 4) is 5.69 Å². The zero-order chi connectivity index (χ0) is 19.8. The number of para-hydroxylation sites is 1. The summed E-state index contributed by atoms with van der Waals surface area (Å²) in [5.74, 6) is 2.15. The largest absolute Gasteiger partial charge is 0.423 e. The van der Waals surface area contributed by atoms with Crippen molar-refractivity contribution in [1.82, 2.24) is 14.8 Å². The maximum atomic E-state index is 12.1. The third-order valence-corrected chi connectivity index (χ3v) is 6.25. The molecule has 2 aromatic carbocycles. The van der Waals surface area contributed by atoms with Crippen molar-refractivity contribution in [2.24, 2.45) is 0 Å². The van der Waals surface area contributed by atoms with Gasteiger partial charge >= 0.3 is 5.63 Å². The number of rotatable bonds is 6. The molecule has 0 radical (unpaired) electrons. The first-order valence-electron chi connectivity index (χ1n) is 9.92. The van der Waals surface area contributed by atoms with E-state index in [9.17, 15) is 4.79 Å². The van der Waals surface area contributed by atoms with Crippen molar-refractivity contribution in [2.45, 2.75) is 43.0 Å². The van der Waals surface area contributed by atoms with E-state index in [4.69, 9.17) is 4.42 Å². The molecule has 0 aliphatic heterocycles. The summed E-state index contributed by atoms with van der Waals surface area (Å²) < 4.78 is 7.59. The highest BCUT2D eigenvalue weighted by Crippen LogP contribution is 2.41. The van der Waals surface area contributed by atoms with Crippen LogP contribution in [0.5, 0.6) is 0 Å². The van der Waals surface area contributed by atoms with E-state index in [-0.39, 0.29) is 5.63 Å². The van der Waals surface area contributed by atoms with Crippen LogP contribution in [0.4, 0.5) is 0 Å². The van der Waals surface area contributed by atoms with Gasteiger partial charge in [-0.25, -0.2) is 4.79 Å². The van der Waals surface area contributed by atoms with E-state index < -0.39 is 0 Å². The monoisotopic (exact) mass is 403 g/mol. The number of aryl methyl sites for hydroxylation is 1. The van der Waals surface area contributed by atoms with Gasteiger partial charge in [0.05, 0.1) is 0 Å². The fraction of sp³-hybridized carbons (Fsp3) is 0.261. The second-order valence-electron chi connectivity index (χ2n) is 7.35. The number of thioether (sulfide) groups is 1. The Kier molecular flexibility index (Phi) is 4.72. The van der Waals surface area contributed by atoms with Gasteiger partial charge in [0.15, 0.2) is 5.16 Å². The molecule has 0 unspecified atom stereocenters. The van der Waals surface area contributed by atoms with Crippen molar-refractivity contribution >= 4 is 22.7 Å². The normalized spacial score (nSPS) is 13.8. The highest BCUT2D eigenvalue weighted by Gasteiger charge is 2.31. The third-order valence-electron chi connectivity index (χ3n) is 5.27. The summed E-state index contributed by atoms with van der Waals surface area (Å²) in [6, 6.07) is 17.9. The van der Waals surface area contributed by atoms with Crippen LogP contribution in [0.15, 0.2) is 69.0 Å². The van der Waals surface area contributed by atoms with Crippen molar-refractivity contribution < 1.29 is 4.42 Å². The molecule has 1 fully saturated rings. The summed E-state index contributed by atoms with van der Waals surface area (Å²) in [4.78, 5) is 12.1. The number of fused-ring (bicyclic) bond motifs is 1. The zero-order valence-corrected chi connectivity index (χ0v) is 17.0. The van der Waals surface area contributed by atoms with Crippen LogP contribution < -0.4 is 5.63 Å². The first kappa shape index (κ1) is 18.2. The summed E-state index contributed by atoms with van der Waals surface area (Å²) in [7, 11) is 0. The lowest BCUT2D eigenvalue weighted by Crippen LogP contribution is -2.03. The molecule has 6 heteroatoms. The molecule has 5 rings (SSSR count). The van der Waals surface area contributed by atoms with E-state index in [2.05, 4.69) is 39.9 Å². The van der Waals surface area contributed by atoms with Gasteiger partial charge in [0, 0.05) is 28.8 Å². The highest BCUT2D eigenvalue weighted by atomic mass is 32.2. The molecule has 2 aromatic heterocycles. The van der Waals surface area contributed by atoms with Gasteiger partial charge in [-0.3, -0.25) is 4.57 Å². The van der Waals surface area contributed by atoms with E-state index in [0.29, 0.717) is 17.3 Å². The van der Waals surface area contributed by atoms with E-state index in [0.717, 1.165) is 39.6 Å². The number of nitrogens with zero attached hydrogens (tertiary/aromatic N) is 3. The van der Waals surface area contributed by atoms with Gasteiger partial charge in [-0.1, -0.05) is 49.0 Å². The van der Waals surface area contributed by atoms with Crippen molar-refractivity contribution in [3.63, 3.8) is 0 Å². The van der Waals surface area contributed by atoms with Crippen LogP contribution in [0.25, 0.3) is 16.7 Å².